The maximum absolute atomic E-state index is 11.4. The van der Waals surface area contributed by atoms with Crippen LogP contribution in [0.25, 0.3) is 0 Å². The first kappa shape index (κ1) is 11.8. The lowest BCUT2D eigenvalue weighted by molar-refractivity contribution is -0.122. The summed E-state index contributed by atoms with van der Waals surface area (Å²) in [4.78, 5) is 11.4. The second kappa shape index (κ2) is 4.96. The minimum absolute atomic E-state index is 0.100. The molecule has 82 valence electrons. The summed E-state index contributed by atoms with van der Waals surface area (Å²) in [6.45, 7) is 6.02. The topological polar surface area (TPSA) is 29.1 Å². The number of amides is 1. The third-order valence-electron chi connectivity index (χ3n) is 2.85. The van der Waals surface area contributed by atoms with Crippen LogP contribution >= 0.6 is 0 Å². The van der Waals surface area contributed by atoms with Crippen LogP contribution in [0.2, 0.25) is 0 Å². The Balaban J connectivity index is 2.90. The largest absolute Gasteiger partial charge is 0.347 e. The van der Waals surface area contributed by atoms with Crippen LogP contribution in [0.3, 0.4) is 0 Å². The van der Waals surface area contributed by atoms with E-state index in [1.807, 2.05) is 25.1 Å². The molecule has 1 aromatic rings. The molecule has 1 amide bonds. The van der Waals surface area contributed by atoms with Crippen molar-refractivity contribution in [3.8, 4) is 0 Å². The zero-order valence-corrected chi connectivity index (χ0v) is 9.71. The zero-order valence-electron chi connectivity index (χ0n) is 9.71. The molecule has 2 nitrogen and oxygen atoms in total. The lowest BCUT2D eigenvalue weighted by Gasteiger charge is -2.30. The van der Waals surface area contributed by atoms with Crippen molar-refractivity contribution in [3.05, 3.63) is 35.9 Å². The Hall–Kier alpha value is -1.31. The molecule has 0 bridgehead atoms. The van der Waals surface area contributed by atoms with Crippen LogP contribution in [-0.4, -0.2) is 5.91 Å². The predicted molar refractivity (Wildman–Crippen MR) is 62.5 cm³/mol. The average molecular weight is 205 g/mol. The highest BCUT2D eigenvalue weighted by Crippen LogP contribution is 2.23. The molecule has 0 aliphatic carbocycles. The van der Waals surface area contributed by atoms with E-state index < -0.39 is 0 Å². The molecule has 0 aliphatic heterocycles. The summed E-state index contributed by atoms with van der Waals surface area (Å²) in [5, 5.41) is 3.07. The lowest BCUT2D eigenvalue weighted by Crippen LogP contribution is -2.42. The van der Waals surface area contributed by atoms with Gasteiger partial charge in [0.05, 0.1) is 5.54 Å². The molecular weight excluding hydrogens is 186 g/mol. The number of hydrogen-bond donors (Lipinski definition) is 1. The van der Waals surface area contributed by atoms with Gasteiger partial charge in [0.15, 0.2) is 0 Å². The monoisotopic (exact) mass is 205 g/mol. The Bertz CT molecular complexity index is 321. The fourth-order valence-corrected chi connectivity index (χ4v) is 1.57. The van der Waals surface area contributed by atoms with Gasteiger partial charge in [-0.2, -0.15) is 0 Å². The summed E-state index contributed by atoms with van der Waals surface area (Å²) in [7, 11) is 0. The number of rotatable bonds is 4. The van der Waals surface area contributed by atoms with E-state index in [-0.39, 0.29) is 11.4 Å². The van der Waals surface area contributed by atoms with Crippen molar-refractivity contribution < 1.29 is 4.79 Å². The van der Waals surface area contributed by atoms with Crippen molar-refractivity contribution >= 4 is 5.91 Å². The Kier molecular flexibility index (Phi) is 3.89. The van der Waals surface area contributed by atoms with Crippen molar-refractivity contribution in [2.75, 3.05) is 0 Å². The van der Waals surface area contributed by atoms with E-state index in [1.54, 1.807) is 0 Å². The molecule has 0 aromatic heterocycles. The van der Waals surface area contributed by atoms with E-state index in [0.29, 0.717) is 6.42 Å². The maximum atomic E-state index is 11.4. The Morgan fingerprint density at radius 1 is 1.27 bits per heavy atom. The highest BCUT2D eigenvalue weighted by atomic mass is 16.1. The molecule has 1 atom stereocenters. The molecule has 0 unspecified atom stereocenters. The van der Waals surface area contributed by atoms with Crippen molar-refractivity contribution in [1.82, 2.24) is 5.32 Å². The fourth-order valence-electron chi connectivity index (χ4n) is 1.57. The summed E-state index contributed by atoms with van der Waals surface area (Å²) in [5.41, 5.74) is 0.920. The normalized spacial score (nSPS) is 14.3. The highest BCUT2D eigenvalue weighted by molar-refractivity contribution is 5.76. The smallest absolute Gasteiger partial charge is 0.220 e. The molecule has 0 saturated carbocycles. The van der Waals surface area contributed by atoms with Crippen molar-refractivity contribution in [1.29, 1.82) is 0 Å². The zero-order chi connectivity index (χ0) is 11.3. The number of benzene rings is 1. The van der Waals surface area contributed by atoms with Crippen molar-refractivity contribution in [2.45, 2.75) is 39.2 Å². The highest BCUT2D eigenvalue weighted by Gasteiger charge is 2.25. The Labute approximate surface area is 91.7 Å². The molecule has 0 aliphatic rings. The lowest BCUT2D eigenvalue weighted by atomic mass is 9.89. The van der Waals surface area contributed by atoms with Gasteiger partial charge in [-0.3, -0.25) is 4.79 Å². The molecule has 1 aromatic carbocycles. The van der Waals surface area contributed by atoms with Gasteiger partial charge in [0, 0.05) is 6.42 Å². The SMILES string of the molecule is CCC(=O)N[C@@](C)(CC)c1ccccc1. The summed E-state index contributed by atoms with van der Waals surface area (Å²) < 4.78 is 0. The van der Waals surface area contributed by atoms with Crippen LogP contribution in [0.15, 0.2) is 30.3 Å². The molecule has 2 heteroatoms. The average Bonchev–Trinajstić information content (AvgIpc) is 2.30. The van der Waals surface area contributed by atoms with Gasteiger partial charge in [0.25, 0.3) is 0 Å². The predicted octanol–water partition coefficient (Wildman–Crippen LogP) is 2.84. The van der Waals surface area contributed by atoms with Crippen LogP contribution < -0.4 is 5.32 Å². The number of carbonyl (C=O) groups excluding carboxylic acids is 1. The summed E-state index contributed by atoms with van der Waals surface area (Å²) in [5.74, 6) is 0.100. The number of nitrogens with one attached hydrogen (secondary N) is 1. The van der Waals surface area contributed by atoms with Gasteiger partial charge in [-0.25, -0.2) is 0 Å². The summed E-state index contributed by atoms with van der Waals surface area (Å²) >= 11 is 0. The van der Waals surface area contributed by atoms with E-state index in [2.05, 4.69) is 31.3 Å². The van der Waals surface area contributed by atoms with Crippen molar-refractivity contribution in [3.63, 3.8) is 0 Å². The van der Waals surface area contributed by atoms with Crippen LogP contribution in [0.1, 0.15) is 39.2 Å². The fraction of sp³-hybridized carbons (Fsp3) is 0.462. The van der Waals surface area contributed by atoms with Gasteiger partial charge in [-0.05, 0) is 18.9 Å². The van der Waals surface area contributed by atoms with E-state index in [4.69, 9.17) is 0 Å². The standard InChI is InChI=1S/C13H19NO/c1-4-12(15)14-13(3,5-2)11-9-7-6-8-10-11/h6-10H,4-5H2,1-3H3,(H,14,15)/t13-/m0/s1. The van der Waals surface area contributed by atoms with E-state index in [1.165, 1.54) is 0 Å². The Morgan fingerprint density at radius 2 is 1.87 bits per heavy atom. The molecule has 15 heavy (non-hydrogen) atoms. The van der Waals surface area contributed by atoms with Crippen LogP contribution in [-0.2, 0) is 10.3 Å². The Morgan fingerprint density at radius 3 is 2.33 bits per heavy atom. The van der Waals surface area contributed by atoms with Crippen LogP contribution in [0, 0.1) is 0 Å². The van der Waals surface area contributed by atoms with Gasteiger partial charge in [0.2, 0.25) is 5.91 Å². The summed E-state index contributed by atoms with van der Waals surface area (Å²) in [6.07, 6.45) is 1.42. The minimum atomic E-state index is -0.242. The van der Waals surface area contributed by atoms with Crippen LogP contribution in [0.4, 0.5) is 0 Å². The quantitative estimate of drug-likeness (QED) is 0.804. The maximum Gasteiger partial charge on any atom is 0.220 e. The van der Waals surface area contributed by atoms with Gasteiger partial charge in [0.1, 0.15) is 0 Å². The second-order valence-corrected chi connectivity index (χ2v) is 3.95. The second-order valence-electron chi connectivity index (χ2n) is 3.95. The van der Waals surface area contributed by atoms with Gasteiger partial charge < -0.3 is 5.32 Å². The first-order valence-electron chi connectivity index (χ1n) is 5.49. The molecule has 0 saturated heterocycles. The molecular formula is C13H19NO. The van der Waals surface area contributed by atoms with E-state index in [9.17, 15) is 4.79 Å². The minimum Gasteiger partial charge on any atom is -0.347 e. The van der Waals surface area contributed by atoms with Crippen molar-refractivity contribution in [2.24, 2.45) is 0 Å². The molecule has 0 spiro atoms. The molecule has 1 N–H and O–H groups in total. The first-order chi connectivity index (χ1) is 7.12. The summed E-state index contributed by atoms with van der Waals surface area (Å²) in [6, 6.07) is 10.1. The van der Waals surface area contributed by atoms with E-state index >= 15 is 0 Å². The first-order valence-corrected chi connectivity index (χ1v) is 5.49. The molecule has 0 fully saturated rings. The van der Waals surface area contributed by atoms with E-state index in [0.717, 1.165) is 12.0 Å². The molecule has 0 radical (unpaired) electrons. The molecule has 1 rings (SSSR count). The number of carbonyl (C=O) groups is 1. The van der Waals surface area contributed by atoms with Gasteiger partial charge in [-0.15, -0.1) is 0 Å². The van der Waals surface area contributed by atoms with Crippen LogP contribution in [0.5, 0.6) is 0 Å². The number of hydrogen-bond acceptors (Lipinski definition) is 1. The third-order valence-corrected chi connectivity index (χ3v) is 2.85. The molecule has 0 heterocycles. The van der Waals surface area contributed by atoms with Gasteiger partial charge >= 0.3 is 0 Å². The van der Waals surface area contributed by atoms with Gasteiger partial charge in [-0.1, -0.05) is 44.2 Å². The third kappa shape index (κ3) is 2.82.